The first-order valence-electron chi connectivity index (χ1n) is 4.89. The van der Waals surface area contributed by atoms with Crippen LogP contribution >= 0.6 is 0 Å². The van der Waals surface area contributed by atoms with Crippen LogP contribution in [0, 0.1) is 11.3 Å². The third-order valence-corrected chi connectivity index (χ3v) is 2.36. The van der Waals surface area contributed by atoms with E-state index in [1.165, 1.54) is 0 Å². The summed E-state index contributed by atoms with van der Waals surface area (Å²) >= 11 is 0. The summed E-state index contributed by atoms with van der Waals surface area (Å²) < 4.78 is 0. The van der Waals surface area contributed by atoms with Gasteiger partial charge in [0.25, 0.3) is 0 Å². The summed E-state index contributed by atoms with van der Waals surface area (Å²) in [4.78, 5) is 3.92. The average Bonchev–Trinajstić information content (AvgIpc) is 2.27. The highest BCUT2D eigenvalue weighted by Gasteiger charge is 2.17. The normalized spacial score (nSPS) is 14.0. The van der Waals surface area contributed by atoms with Crippen molar-refractivity contribution in [3.63, 3.8) is 0 Å². The highest BCUT2D eigenvalue weighted by molar-refractivity contribution is 5.55. The van der Waals surface area contributed by atoms with Crippen LogP contribution in [-0.4, -0.2) is 22.2 Å². The third kappa shape index (κ3) is 3.22. The van der Waals surface area contributed by atoms with E-state index in [0.717, 1.165) is 0 Å². The number of aromatic nitrogens is 1. The zero-order chi connectivity index (χ0) is 11.3. The van der Waals surface area contributed by atoms with E-state index < -0.39 is 5.60 Å². The van der Waals surface area contributed by atoms with Crippen LogP contribution < -0.4 is 5.32 Å². The van der Waals surface area contributed by atoms with Gasteiger partial charge in [-0.15, -0.1) is 0 Å². The van der Waals surface area contributed by atoms with Crippen LogP contribution in [-0.2, 0) is 0 Å². The summed E-state index contributed by atoms with van der Waals surface area (Å²) in [5.41, 5.74) is 0.438. The Hall–Kier alpha value is -1.60. The van der Waals surface area contributed by atoms with Crippen LogP contribution in [0.4, 0.5) is 5.69 Å². The Kier molecular flexibility index (Phi) is 3.64. The molecule has 0 bridgehead atoms. The molecule has 1 heterocycles. The number of aliphatic hydroxyl groups is 1. The lowest BCUT2D eigenvalue weighted by molar-refractivity contribution is 0.0697. The molecule has 0 saturated heterocycles. The maximum absolute atomic E-state index is 9.78. The van der Waals surface area contributed by atoms with E-state index in [9.17, 15) is 5.11 Å². The second-order valence-electron chi connectivity index (χ2n) is 3.74. The van der Waals surface area contributed by atoms with E-state index in [4.69, 9.17) is 5.26 Å². The molecule has 0 spiro atoms. The monoisotopic (exact) mass is 205 g/mol. The minimum absolute atomic E-state index is 0.407. The fourth-order valence-electron chi connectivity index (χ4n) is 1.04. The Bertz CT molecular complexity index is 368. The molecule has 0 aromatic carbocycles. The highest BCUT2D eigenvalue weighted by atomic mass is 16.3. The number of rotatable bonds is 4. The quantitative estimate of drug-likeness (QED) is 0.782. The molecule has 0 radical (unpaired) electrons. The molecular weight excluding hydrogens is 190 g/mol. The van der Waals surface area contributed by atoms with Crippen LogP contribution in [0.2, 0.25) is 0 Å². The van der Waals surface area contributed by atoms with Gasteiger partial charge in [0.1, 0.15) is 6.07 Å². The lowest BCUT2D eigenvalue weighted by Gasteiger charge is -2.22. The summed E-state index contributed by atoms with van der Waals surface area (Å²) in [7, 11) is 0. The first kappa shape index (κ1) is 11.5. The fraction of sp³-hybridized carbons (Fsp3) is 0.455. The van der Waals surface area contributed by atoms with Gasteiger partial charge in [0.2, 0.25) is 0 Å². The van der Waals surface area contributed by atoms with E-state index in [1.54, 1.807) is 25.4 Å². The molecule has 4 nitrogen and oxygen atoms in total. The van der Waals surface area contributed by atoms with Crippen molar-refractivity contribution in [3.05, 3.63) is 24.0 Å². The van der Waals surface area contributed by atoms with Crippen molar-refractivity contribution in [1.82, 2.24) is 4.98 Å². The molecule has 0 aliphatic carbocycles. The summed E-state index contributed by atoms with van der Waals surface area (Å²) in [6, 6.07) is 3.71. The number of hydrogen-bond donors (Lipinski definition) is 2. The summed E-state index contributed by atoms with van der Waals surface area (Å²) in [5.74, 6) is 0. The van der Waals surface area contributed by atoms with Gasteiger partial charge in [0.15, 0.2) is 0 Å². The highest BCUT2D eigenvalue weighted by Crippen LogP contribution is 2.15. The number of nitriles is 1. The first-order chi connectivity index (χ1) is 7.09. The Morgan fingerprint density at radius 1 is 1.67 bits per heavy atom. The largest absolute Gasteiger partial charge is 0.388 e. The Morgan fingerprint density at radius 2 is 2.40 bits per heavy atom. The van der Waals surface area contributed by atoms with Gasteiger partial charge in [0, 0.05) is 12.7 Å². The maximum Gasteiger partial charge on any atom is 0.101 e. The number of nitrogens with one attached hydrogen (secondary N) is 1. The van der Waals surface area contributed by atoms with E-state index in [-0.39, 0.29) is 0 Å². The van der Waals surface area contributed by atoms with Crippen molar-refractivity contribution in [3.8, 4) is 6.07 Å². The van der Waals surface area contributed by atoms with Crippen molar-refractivity contribution >= 4 is 5.69 Å². The standard InChI is InChI=1S/C11H15N3O/c1-3-11(2,15)8-14-10-7-13-5-4-9(10)6-12/h4-5,7,14-15H,3,8H2,1-2H3. The summed E-state index contributed by atoms with van der Waals surface area (Å²) in [6.45, 7) is 4.07. The second-order valence-corrected chi connectivity index (χ2v) is 3.74. The maximum atomic E-state index is 9.78. The zero-order valence-corrected chi connectivity index (χ0v) is 8.99. The minimum Gasteiger partial charge on any atom is -0.388 e. The molecule has 1 atom stereocenters. The first-order valence-corrected chi connectivity index (χ1v) is 4.89. The molecule has 1 unspecified atom stereocenters. The predicted octanol–water partition coefficient (Wildman–Crippen LogP) is 1.53. The van der Waals surface area contributed by atoms with Crippen molar-refractivity contribution in [2.45, 2.75) is 25.9 Å². The van der Waals surface area contributed by atoms with Gasteiger partial charge in [-0.05, 0) is 19.4 Å². The van der Waals surface area contributed by atoms with E-state index >= 15 is 0 Å². The van der Waals surface area contributed by atoms with Gasteiger partial charge in [0.05, 0.1) is 23.0 Å². The van der Waals surface area contributed by atoms with Crippen molar-refractivity contribution in [1.29, 1.82) is 5.26 Å². The second kappa shape index (κ2) is 4.76. The summed E-state index contributed by atoms with van der Waals surface area (Å²) in [6.07, 6.45) is 3.81. The zero-order valence-electron chi connectivity index (χ0n) is 8.99. The Morgan fingerprint density at radius 3 is 3.00 bits per heavy atom. The topological polar surface area (TPSA) is 68.9 Å². The van der Waals surface area contributed by atoms with E-state index in [0.29, 0.717) is 24.2 Å². The third-order valence-electron chi connectivity index (χ3n) is 2.36. The molecular formula is C11H15N3O. The smallest absolute Gasteiger partial charge is 0.101 e. The molecule has 2 N–H and O–H groups in total. The molecule has 1 aromatic rings. The Labute approximate surface area is 89.6 Å². The molecule has 1 aromatic heterocycles. The molecule has 0 fully saturated rings. The average molecular weight is 205 g/mol. The fourth-order valence-corrected chi connectivity index (χ4v) is 1.04. The minimum atomic E-state index is -0.761. The van der Waals surface area contributed by atoms with Gasteiger partial charge in [-0.3, -0.25) is 4.98 Å². The van der Waals surface area contributed by atoms with Crippen molar-refractivity contribution in [2.24, 2.45) is 0 Å². The molecule has 4 heteroatoms. The lowest BCUT2D eigenvalue weighted by Crippen LogP contribution is -2.32. The van der Waals surface area contributed by atoms with Crippen LogP contribution in [0.5, 0.6) is 0 Å². The van der Waals surface area contributed by atoms with Crippen molar-refractivity contribution < 1.29 is 5.11 Å². The molecule has 0 amide bonds. The molecule has 0 aliphatic rings. The number of pyridine rings is 1. The molecule has 0 aliphatic heterocycles. The number of hydrogen-bond acceptors (Lipinski definition) is 4. The van der Waals surface area contributed by atoms with Gasteiger partial charge in [-0.1, -0.05) is 6.92 Å². The van der Waals surface area contributed by atoms with Crippen molar-refractivity contribution in [2.75, 3.05) is 11.9 Å². The van der Waals surface area contributed by atoms with Crippen LogP contribution in [0.25, 0.3) is 0 Å². The van der Waals surface area contributed by atoms with Gasteiger partial charge < -0.3 is 10.4 Å². The Balaban J connectivity index is 2.70. The molecule has 0 saturated carbocycles. The summed E-state index contributed by atoms with van der Waals surface area (Å²) in [5, 5.41) is 21.6. The van der Waals surface area contributed by atoms with Crippen LogP contribution in [0.3, 0.4) is 0 Å². The van der Waals surface area contributed by atoms with Crippen LogP contribution in [0.1, 0.15) is 25.8 Å². The van der Waals surface area contributed by atoms with Gasteiger partial charge in [-0.25, -0.2) is 0 Å². The SMILES string of the molecule is CCC(C)(O)CNc1cnccc1C#N. The van der Waals surface area contributed by atoms with E-state index in [2.05, 4.69) is 16.4 Å². The molecule has 1 rings (SSSR count). The molecule has 80 valence electrons. The van der Waals surface area contributed by atoms with Gasteiger partial charge in [-0.2, -0.15) is 5.26 Å². The van der Waals surface area contributed by atoms with Gasteiger partial charge >= 0.3 is 0 Å². The number of anilines is 1. The number of nitrogens with zero attached hydrogens (tertiary/aromatic N) is 2. The molecule has 15 heavy (non-hydrogen) atoms. The predicted molar refractivity (Wildman–Crippen MR) is 58.4 cm³/mol. The van der Waals surface area contributed by atoms with E-state index in [1.807, 2.05) is 6.92 Å². The lowest BCUT2D eigenvalue weighted by atomic mass is 10.0. The van der Waals surface area contributed by atoms with Crippen LogP contribution in [0.15, 0.2) is 18.5 Å².